The van der Waals surface area contributed by atoms with Crippen molar-refractivity contribution in [1.82, 2.24) is 9.88 Å². The molecular formula is C21H19N3O2. The number of para-hydroxylation sites is 1. The van der Waals surface area contributed by atoms with Gasteiger partial charge in [0, 0.05) is 17.4 Å². The lowest BCUT2D eigenvalue weighted by Gasteiger charge is -2.35. The van der Waals surface area contributed by atoms with Gasteiger partial charge in [-0.15, -0.1) is 0 Å². The number of hydrogen-bond acceptors (Lipinski definition) is 2. The summed E-state index contributed by atoms with van der Waals surface area (Å²) in [6, 6.07) is 15.4. The van der Waals surface area contributed by atoms with E-state index in [1.54, 1.807) is 4.90 Å². The second-order valence-electron chi connectivity index (χ2n) is 7.26. The van der Waals surface area contributed by atoms with Gasteiger partial charge in [-0.1, -0.05) is 30.3 Å². The first-order valence-corrected chi connectivity index (χ1v) is 8.84. The molecule has 0 spiro atoms. The first kappa shape index (κ1) is 15.2. The van der Waals surface area contributed by atoms with Crippen molar-refractivity contribution in [1.29, 1.82) is 0 Å². The average Bonchev–Trinajstić information content (AvgIpc) is 3.10. The Balaban J connectivity index is 1.71. The molecule has 130 valence electrons. The van der Waals surface area contributed by atoms with E-state index in [1.807, 2.05) is 56.3 Å². The highest BCUT2D eigenvalue weighted by Crippen LogP contribution is 2.45. The average molecular weight is 345 g/mol. The van der Waals surface area contributed by atoms with Crippen LogP contribution < -0.4 is 4.90 Å². The molecule has 1 saturated heterocycles. The number of benzene rings is 2. The van der Waals surface area contributed by atoms with E-state index in [0.717, 1.165) is 34.1 Å². The zero-order valence-electron chi connectivity index (χ0n) is 14.7. The lowest BCUT2D eigenvalue weighted by Crippen LogP contribution is -2.49. The lowest BCUT2D eigenvalue weighted by molar-refractivity contribution is -0.125. The predicted octanol–water partition coefficient (Wildman–Crippen LogP) is 3.72. The molecule has 1 atom stereocenters. The maximum Gasteiger partial charge on any atom is 0.332 e. The Kier molecular flexibility index (Phi) is 2.91. The van der Waals surface area contributed by atoms with Crippen LogP contribution in [0.3, 0.4) is 0 Å². The first-order valence-electron chi connectivity index (χ1n) is 8.84. The number of carbonyl (C=O) groups is 2. The van der Waals surface area contributed by atoms with Gasteiger partial charge in [-0.25, -0.2) is 9.69 Å². The number of urea groups is 1. The molecule has 2 aliphatic rings. The Hall–Kier alpha value is -3.08. The number of aromatic nitrogens is 1. The second kappa shape index (κ2) is 4.97. The molecule has 5 nitrogen and oxygen atoms in total. The summed E-state index contributed by atoms with van der Waals surface area (Å²) in [6.07, 6.45) is 0.746. The third-order valence-corrected chi connectivity index (χ3v) is 5.73. The number of H-pyrrole nitrogens is 1. The summed E-state index contributed by atoms with van der Waals surface area (Å²) < 4.78 is 0. The molecule has 0 aliphatic carbocycles. The number of nitrogens with one attached hydrogen (secondary N) is 1. The fourth-order valence-corrected chi connectivity index (χ4v) is 4.39. The van der Waals surface area contributed by atoms with Gasteiger partial charge in [0.25, 0.3) is 5.91 Å². The fraction of sp³-hybridized carbons (Fsp3) is 0.238. The number of aromatic amines is 1. The van der Waals surface area contributed by atoms with Crippen molar-refractivity contribution in [2.75, 3.05) is 11.4 Å². The molecule has 1 aromatic heterocycles. The molecule has 3 heterocycles. The SMILES string of the molecule is Cc1cccc(N2C(=O)N3CCc4c([nH]c5ccccc45)C3(C)C2=O)c1. The minimum Gasteiger partial charge on any atom is -0.356 e. The van der Waals surface area contributed by atoms with Crippen LogP contribution in [0.5, 0.6) is 0 Å². The van der Waals surface area contributed by atoms with Crippen molar-refractivity contribution in [3.8, 4) is 0 Å². The van der Waals surface area contributed by atoms with E-state index < -0.39 is 5.54 Å². The van der Waals surface area contributed by atoms with Crippen LogP contribution in [0.1, 0.15) is 23.7 Å². The number of nitrogens with zero attached hydrogens (tertiary/aromatic N) is 2. The predicted molar refractivity (Wildman–Crippen MR) is 100 cm³/mol. The summed E-state index contributed by atoms with van der Waals surface area (Å²) in [7, 11) is 0. The molecule has 2 aromatic carbocycles. The van der Waals surface area contributed by atoms with E-state index in [1.165, 1.54) is 4.90 Å². The summed E-state index contributed by atoms with van der Waals surface area (Å²) in [5, 5.41) is 1.14. The van der Waals surface area contributed by atoms with Crippen molar-refractivity contribution in [2.24, 2.45) is 0 Å². The first-order chi connectivity index (χ1) is 12.5. The number of imide groups is 1. The van der Waals surface area contributed by atoms with Crippen LogP contribution in [0.2, 0.25) is 0 Å². The van der Waals surface area contributed by atoms with E-state index in [4.69, 9.17) is 0 Å². The lowest BCUT2D eigenvalue weighted by atomic mass is 9.87. The summed E-state index contributed by atoms with van der Waals surface area (Å²) in [6.45, 7) is 4.36. The molecule has 0 radical (unpaired) electrons. The number of carbonyl (C=O) groups excluding carboxylic acids is 2. The number of fused-ring (bicyclic) bond motifs is 5. The number of anilines is 1. The maximum atomic E-state index is 13.5. The van der Waals surface area contributed by atoms with E-state index in [-0.39, 0.29) is 11.9 Å². The van der Waals surface area contributed by atoms with Crippen molar-refractivity contribution < 1.29 is 9.59 Å². The minimum absolute atomic E-state index is 0.194. The van der Waals surface area contributed by atoms with Gasteiger partial charge in [-0.05, 0) is 49.6 Å². The van der Waals surface area contributed by atoms with Gasteiger partial charge in [-0.2, -0.15) is 0 Å². The van der Waals surface area contributed by atoms with Crippen LogP contribution >= 0.6 is 0 Å². The molecular weight excluding hydrogens is 326 g/mol. The highest BCUT2D eigenvalue weighted by molar-refractivity contribution is 6.23. The normalized spacial score (nSPS) is 22.1. The van der Waals surface area contributed by atoms with Gasteiger partial charge >= 0.3 is 6.03 Å². The van der Waals surface area contributed by atoms with Gasteiger partial charge in [-0.3, -0.25) is 4.79 Å². The largest absolute Gasteiger partial charge is 0.356 e. The van der Waals surface area contributed by atoms with E-state index in [0.29, 0.717) is 12.2 Å². The van der Waals surface area contributed by atoms with Crippen LogP contribution in [-0.2, 0) is 16.8 Å². The minimum atomic E-state index is -0.993. The smallest absolute Gasteiger partial charge is 0.332 e. The molecule has 0 saturated carbocycles. The molecule has 3 aromatic rings. The Bertz CT molecular complexity index is 1080. The van der Waals surface area contributed by atoms with E-state index in [9.17, 15) is 9.59 Å². The Morgan fingerprint density at radius 2 is 1.88 bits per heavy atom. The Morgan fingerprint density at radius 3 is 2.69 bits per heavy atom. The third-order valence-electron chi connectivity index (χ3n) is 5.73. The highest BCUT2D eigenvalue weighted by atomic mass is 16.2. The maximum absolute atomic E-state index is 13.5. The van der Waals surface area contributed by atoms with Crippen molar-refractivity contribution >= 4 is 28.5 Å². The number of amides is 3. The quantitative estimate of drug-likeness (QED) is 0.684. The van der Waals surface area contributed by atoms with Crippen molar-refractivity contribution in [3.05, 3.63) is 65.4 Å². The zero-order valence-corrected chi connectivity index (χ0v) is 14.7. The number of aryl methyl sites for hydroxylation is 1. The van der Waals surface area contributed by atoms with Crippen molar-refractivity contribution in [3.63, 3.8) is 0 Å². The van der Waals surface area contributed by atoms with Gasteiger partial charge in [0.2, 0.25) is 0 Å². The molecule has 1 N–H and O–H groups in total. The second-order valence-corrected chi connectivity index (χ2v) is 7.26. The summed E-state index contributed by atoms with van der Waals surface area (Å²) in [5.74, 6) is -0.194. The van der Waals surface area contributed by atoms with Gasteiger partial charge in [0.05, 0.1) is 11.4 Å². The molecule has 5 heteroatoms. The van der Waals surface area contributed by atoms with Crippen LogP contribution in [-0.4, -0.2) is 28.4 Å². The summed E-state index contributed by atoms with van der Waals surface area (Å²) in [4.78, 5) is 33.0. The van der Waals surface area contributed by atoms with Gasteiger partial charge in [0.1, 0.15) is 0 Å². The highest BCUT2D eigenvalue weighted by Gasteiger charge is 2.58. The molecule has 0 bridgehead atoms. The van der Waals surface area contributed by atoms with Gasteiger partial charge in [0.15, 0.2) is 5.54 Å². The van der Waals surface area contributed by atoms with Crippen LogP contribution in [0, 0.1) is 6.92 Å². The molecule has 26 heavy (non-hydrogen) atoms. The number of rotatable bonds is 1. The third kappa shape index (κ3) is 1.75. The molecule has 3 amide bonds. The standard InChI is InChI=1S/C21H19N3O2/c1-13-6-5-7-14(12-13)24-19(25)21(2)18-16(10-11-23(21)20(24)26)15-8-3-4-9-17(15)22-18/h3-9,12,22H,10-11H2,1-2H3. The monoisotopic (exact) mass is 345 g/mol. The van der Waals surface area contributed by atoms with Crippen LogP contribution in [0.25, 0.3) is 10.9 Å². The fourth-order valence-electron chi connectivity index (χ4n) is 4.39. The van der Waals surface area contributed by atoms with Gasteiger partial charge < -0.3 is 9.88 Å². The summed E-state index contributed by atoms with van der Waals surface area (Å²) in [5.41, 5.74) is 3.66. The van der Waals surface area contributed by atoms with E-state index in [2.05, 4.69) is 11.1 Å². The van der Waals surface area contributed by atoms with Crippen LogP contribution in [0.4, 0.5) is 10.5 Å². The zero-order chi connectivity index (χ0) is 18.1. The number of hydrogen-bond donors (Lipinski definition) is 1. The van der Waals surface area contributed by atoms with E-state index >= 15 is 0 Å². The summed E-state index contributed by atoms with van der Waals surface area (Å²) >= 11 is 0. The topological polar surface area (TPSA) is 56.4 Å². The Morgan fingerprint density at radius 1 is 1.08 bits per heavy atom. The molecule has 5 rings (SSSR count). The Labute approximate surface area is 151 Å². The molecule has 2 aliphatic heterocycles. The molecule has 1 unspecified atom stereocenters. The van der Waals surface area contributed by atoms with Crippen LogP contribution in [0.15, 0.2) is 48.5 Å². The van der Waals surface area contributed by atoms with Crippen molar-refractivity contribution in [2.45, 2.75) is 25.8 Å². The molecule has 1 fully saturated rings.